The second kappa shape index (κ2) is 6.88. The molecule has 1 aromatic heterocycles. The van der Waals surface area contributed by atoms with Gasteiger partial charge in [0, 0.05) is 9.35 Å². The van der Waals surface area contributed by atoms with E-state index < -0.39 is 0 Å². The summed E-state index contributed by atoms with van der Waals surface area (Å²) in [6.45, 7) is 9.78. The van der Waals surface area contributed by atoms with Crippen molar-refractivity contribution in [1.82, 2.24) is 5.32 Å². The van der Waals surface area contributed by atoms with Crippen LogP contribution < -0.4 is 5.32 Å². The summed E-state index contributed by atoms with van der Waals surface area (Å²) in [5.41, 5.74) is 5.37. The molecule has 2 aromatic rings. The van der Waals surface area contributed by atoms with E-state index in [1.807, 2.05) is 11.3 Å². The number of rotatable bonds is 5. The van der Waals surface area contributed by atoms with Gasteiger partial charge in [-0.05, 0) is 67.4 Å². The Morgan fingerprint density at radius 3 is 2.35 bits per heavy atom. The van der Waals surface area contributed by atoms with Gasteiger partial charge in [0.05, 0.1) is 6.04 Å². The molecule has 1 unspecified atom stereocenters. The highest BCUT2D eigenvalue weighted by Gasteiger charge is 2.17. The number of thiophene rings is 1. The van der Waals surface area contributed by atoms with E-state index in [0.29, 0.717) is 6.04 Å². The van der Waals surface area contributed by atoms with Crippen LogP contribution in [0, 0.1) is 20.8 Å². The van der Waals surface area contributed by atoms with E-state index in [9.17, 15) is 0 Å². The third kappa shape index (κ3) is 3.33. The molecule has 0 bridgehead atoms. The minimum Gasteiger partial charge on any atom is -0.306 e. The van der Waals surface area contributed by atoms with Gasteiger partial charge < -0.3 is 5.32 Å². The minimum atomic E-state index is 0.298. The van der Waals surface area contributed by atoms with Crippen LogP contribution in [-0.2, 0) is 0 Å². The van der Waals surface area contributed by atoms with E-state index >= 15 is 0 Å². The first kappa shape index (κ1) is 15.7. The number of halogens is 1. The maximum Gasteiger partial charge on any atom is 0.0587 e. The fraction of sp³-hybridized carbons (Fsp3) is 0.412. The van der Waals surface area contributed by atoms with Gasteiger partial charge in [-0.1, -0.05) is 35.0 Å². The van der Waals surface area contributed by atoms with E-state index in [0.717, 1.165) is 13.0 Å². The van der Waals surface area contributed by atoms with Gasteiger partial charge in [-0.25, -0.2) is 0 Å². The summed E-state index contributed by atoms with van der Waals surface area (Å²) in [6, 6.07) is 7.13. The van der Waals surface area contributed by atoms with Crippen LogP contribution in [0.3, 0.4) is 0 Å². The molecule has 0 aliphatic carbocycles. The molecule has 1 heterocycles. The van der Waals surface area contributed by atoms with Crippen LogP contribution in [0.5, 0.6) is 0 Å². The molecular weight excluding hydrogens is 330 g/mol. The van der Waals surface area contributed by atoms with Gasteiger partial charge in [0.2, 0.25) is 0 Å². The Balaban J connectivity index is 2.44. The van der Waals surface area contributed by atoms with Crippen molar-refractivity contribution >= 4 is 27.3 Å². The maximum atomic E-state index is 3.69. The molecule has 1 nitrogen and oxygen atoms in total. The predicted octanol–water partition coefficient (Wildman–Crippen LogP) is 5.52. The molecule has 1 N–H and O–H groups in total. The van der Waals surface area contributed by atoms with Gasteiger partial charge in [0.25, 0.3) is 0 Å². The monoisotopic (exact) mass is 351 g/mol. The topological polar surface area (TPSA) is 12.0 Å². The van der Waals surface area contributed by atoms with Crippen molar-refractivity contribution in [3.05, 3.63) is 55.2 Å². The quantitative estimate of drug-likeness (QED) is 0.747. The van der Waals surface area contributed by atoms with E-state index in [-0.39, 0.29) is 0 Å². The lowest BCUT2D eigenvalue weighted by Crippen LogP contribution is -2.23. The van der Waals surface area contributed by atoms with Gasteiger partial charge in [0.15, 0.2) is 0 Å². The lowest BCUT2D eigenvalue weighted by molar-refractivity contribution is 0.597. The molecule has 20 heavy (non-hydrogen) atoms. The number of benzene rings is 1. The van der Waals surface area contributed by atoms with Crippen LogP contribution >= 0.6 is 27.3 Å². The Morgan fingerprint density at radius 2 is 1.85 bits per heavy atom. The van der Waals surface area contributed by atoms with Crippen molar-refractivity contribution in [3.63, 3.8) is 0 Å². The zero-order valence-electron chi connectivity index (χ0n) is 12.6. The van der Waals surface area contributed by atoms with E-state index in [1.54, 1.807) is 0 Å². The summed E-state index contributed by atoms with van der Waals surface area (Å²) >= 11 is 5.48. The highest BCUT2D eigenvalue weighted by Crippen LogP contribution is 2.32. The third-order valence-corrected chi connectivity index (χ3v) is 5.71. The van der Waals surface area contributed by atoms with Crippen molar-refractivity contribution in [1.29, 1.82) is 0 Å². The van der Waals surface area contributed by atoms with Crippen LogP contribution in [0.15, 0.2) is 28.1 Å². The normalized spacial score (nSPS) is 12.7. The van der Waals surface area contributed by atoms with Crippen molar-refractivity contribution in [2.75, 3.05) is 6.54 Å². The van der Waals surface area contributed by atoms with Gasteiger partial charge in [-0.3, -0.25) is 0 Å². The average molecular weight is 352 g/mol. The fourth-order valence-corrected chi connectivity index (χ4v) is 3.51. The number of aryl methyl sites for hydroxylation is 3. The molecule has 0 saturated heterocycles. The molecule has 0 amide bonds. The van der Waals surface area contributed by atoms with Crippen molar-refractivity contribution in [3.8, 4) is 0 Å². The molecule has 1 atom stereocenters. The Hall–Kier alpha value is -0.640. The van der Waals surface area contributed by atoms with Gasteiger partial charge in [-0.15, -0.1) is 11.3 Å². The van der Waals surface area contributed by atoms with Gasteiger partial charge in [-0.2, -0.15) is 0 Å². The number of nitrogens with one attached hydrogen (secondary N) is 1. The Morgan fingerprint density at radius 1 is 1.20 bits per heavy atom. The Bertz CT molecular complexity index is 565. The molecule has 0 fully saturated rings. The molecular formula is C17H22BrNS. The van der Waals surface area contributed by atoms with Gasteiger partial charge in [0.1, 0.15) is 0 Å². The summed E-state index contributed by atoms with van der Waals surface area (Å²) in [6.07, 6.45) is 1.15. The molecule has 0 spiro atoms. The average Bonchev–Trinajstić information content (AvgIpc) is 2.83. The van der Waals surface area contributed by atoms with Crippen molar-refractivity contribution in [2.45, 2.75) is 40.2 Å². The zero-order valence-corrected chi connectivity index (χ0v) is 15.0. The van der Waals surface area contributed by atoms with Crippen LogP contribution in [0.25, 0.3) is 0 Å². The van der Waals surface area contributed by atoms with Gasteiger partial charge >= 0.3 is 0 Å². The second-order valence-corrected chi connectivity index (χ2v) is 7.20. The van der Waals surface area contributed by atoms with E-state index in [4.69, 9.17) is 0 Å². The summed E-state index contributed by atoms with van der Waals surface area (Å²) in [5, 5.41) is 5.88. The number of hydrogen-bond acceptors (Lipinski definition) is 2. The summed E-state index contributed by atoms with van der Waals surface area (Å²) in [4.78, 5) is 1.40. The largest absolute Gasteiger partial charge is 0.306 e. The Kier molecular flexibility index (Phi) is 5.42. The smallest absolute Gasteiger partial charge is 0.0587 e. The van der Waals surface area contributed by atoms with Crippen molar-refractivity contribution in [2.24, 2.45) is 0 Å². The van der Waals surface area contributed by atoms with Crippen LogP contribution in [0.2, 0.25) is 0 Å². The molecule has 0 aliphatic rings. The van der Waals surface area contributed by atoms with Crippen LogP contribution in [-0.4, -0.2) is 6.54 Å². The van der Waals surface area contributed by atoms with Crippen molar-refractivity contribution < 1.29 is 0 Å². The molecule has 0 radical (unpaired) electrons. The summed E-state index contributed by atoms with van der Waals surface area (Å²) < 4.78 is 1.22. The van der Waals surface area contributed by atoms with E-state index in [1.165, 1.54) is 31.6 Å². The summed E-state index contributed by atoms with van der Waals surface area (Å²) in [5.74, 6) is 0. The SMILES string of the molecule is CCCNC(c1cc(C)c(Br)c(C)c1)c1ccsc1C. The first-order valence-electron chi connectivity index (χ1n) is 7.08. The standard InChI is InChI=1S/C17H22BrNS/c1-5-7-19-17(15-6-8-20-13(15)4)14-9-11(2)16(18)12(3)10-14/h6,8-10,17,19H,5,7H2,1-4H3. The first-order chi connectivity index (χ1) is 9.54. The molecule has 0 aliphatic heterocycles. The first-order valence-corrected chi connectivity index (χ1v) is 8.75. The minimum absolute atomic E-state index is 0.298. The zero-order chi connectivity index (χ0) is 14.7. The molecule has 3 heteroatoms. The maximum absolute atomic E-state index is 3.69. The predicted molar refractivity (Wildman–Crippen MR) is 92.8 cm³/mol. The summed E-state index contributed by atoms with van der Waals surface area (Å²) in [7, 11) is 0. The highest BCUT2D eigenvalue weighted by atomic mass is 79.9. The van der Waals surface area contributed by atoms with E-state index in [2.05, 4.69) is 72.5 Å². The lowest BCUT2D eigenvalue weighted by Gasteiger charge is -2.21. The molecule has 0 saturated carbocycles. The lowest BCUT2D eigenvalue weighted by atomic mass is 9.96. The second-order valence-electron chi connectivity index (χ2n) is 5.29. The molecule has 1 aromatic carbocycles. The molecule has 2 rings (SSSR count). The third-order valence-electron chi connectivity index (χ3n) is 3.60. The van der Waals surface area contributed by atoms with Crippen LogP contribution in [0.4, 0.5) is 0 Å². The molecule has 108 valence electrons. The Labute approximate surface area is 134 Å². The highest BCUT2D eigenvalue weighted by molar-refractivity contribution is 9.10. The fourth-order valence-electron chi connectivity index (χ4n) is 2.54. The number of hydrogen-bond donors (Lipinski definition) is 1. The van der Waals surface area contributed by atoms with Crippen LogP contribution in [0.1, 0.15) is 46.5 Å².